The highest BCUT2D eigenvalue weighted by Gasteiger charge is 2.44. The van der Waals surface area contributed by atoms with Gasteiger partial charge >= 0.3 is 10.3 Å². The third-order valence-corrected chi connectivity index (χ3v) is 4.13. The summed E-state index contributed by atoms with van der Waals surface area (Å²) in [5.74, 6) is 0.0736. The average molecular weight is 299 g/mol. The third kappa shape index (κ3) is 2.80. The maximum absolute atomic E-state index is 11.0. The van der Waals surface area contributed by atoms with E-state index in [1.54, 1.807) is 0 Å². The number of rotatable bonds is 3. The van der Waals surface area contributed by atoms with Crippen LogP contribution in [0.5, 0.6) is 5.75 Å². The first-order valence-electron chi connectivity index (χ1n) is 6.60. The molecule has 3 rings (SSSR count). The third-order valence-electron chi connectivity index (χ3n) is 3.67. The average Bonchev–Trinajstić information content (AvgIpc) is 2.83. The van der Waals surface area contributed by atoms with Crippen LogP contribution >= 0.6 is 0 Å². The second kappa shape index (κ2) is 5.00. The molecule has 0 aromatic heterocycles. The fourth-order valence-corrected chi connectivity index (χ4v) is 3.11. The van der Waals surface area contributed by atoms with Crippen molar-refractivity contribution in [1.82, 2.24) is 0 Å². The molecule has 110 valence electrons. The van der Waals surface area contributed by atoms with Crippen molar-refractivity contribution < 1.29 is 22.1 Å². The number of benzene rings is 1. The van der Waals surface area contributed by atoms with Gasteiger partial charge < -0.3 is 9.47 Å². The number of para-hydroxylation sites is 1. The van der Waals surface area contributed by atoms with E-state index >= 15 is 0 Å². The van der Waals surface area contributed by atoms with Gasteiger partial charge in [-0.2, -0.15) is 8.42 Å². The van der Waals surface area contributed by atoms with Gasteiger partial charge in [0, 0.05) is 18.4 Å². The van der Waals surface area contributed by atoms with Crippen molar-refractivity contribution >= 4 is 10.3 Å². The number of ether oxygens (including phenoxy) is 2. The van der Waals surface area contributed by atoms with Crippen LogP contribution in [0.3, 0.4) is 0 Å². The Morgan fingerprint density at radius 2 is 2.00 bits per heavy atom. The monoisotopic (exact) mass is 299 g/mol. The molecule has 0 saturated heterocycles. The number of hydrogen-bond donors (Lipinski definition) is 1. The Morgan fingerprint density at radius 1 is 1.30 bits per heavy atom. The highest BCUT2D eigenvalue weighted by atomic mass is 32.2. The maximum atomic E-state index is 11.0. The Kier molecular flexibility index (Phi) is 3.45. The Morgan fingerprint density at radius 3 is 2.70 bits per heavy atom. The predicted octanol–water partition coefficient (Wildman–Crippen LogP) is 1.63. The zero-order chi connectivity index (χ0) is 14.2. The Bertz CT molecular complexity index is 595. The molecule has 1 saturated carbocycles. The SMILES string of the molecule is NS(=O)(=O)OC[C@H]1OC2(CCCC2)Oc2ccccc21. The number of fused-ring (bicyclic) bond motifs is 1. The summed E-state index contributed by atoms with van der Waals surface area (Å²) >= 11 is 0. The van der Waals surface area contributed by atoms with E-state index in [0.29, 0.717) is 0 Å². The van der Waals surface area contributed by atoms with E-state index in [4.69, 9.17) is 18.8 Å². The fraction of sp³-hybridized carbons (Fsp3) is 0.538. The van der Waals surface area contributed by atoms with Crippen LogP contribution in [0.25, 0.3) is 0 Å². The van der Waals surface area contributed by atoms with Crippen LogP contribution in [0.4, 0.5) is 0 Å². The van der Waals surface area contributed by atoms with Gasteiger partial charge in [-0.3, -0.25) is 4.18 Å². The van der Waals surface area contributed by atoms with E-state index in [9.17, 15) is 8.42 Å². The summed E-state index contributed by atoms with van der Waals surface area (Å²) in [7, 11) is -3.98. The molecule has 1 aromatic carbocycles. The van der Waals surface area contributed by atoms with Crippen molar-refractivity contribution in [3.63, 3.8) is 0 Å². The fourth-order valence-electron chi connectivity index (χ4n) is 2.80. The van der Waals surface area contributed by atoms with Crippen molar-refractivity contribution in [3.8, 4) is 5.75 Å². The van der Waals surface area contributed by atoms with Crippen LogP contribution < -0.4 is 9.88 Å². The molecule has 1 aromatic rings. The summed E-state index contributed by atoms with van der Waals surface area (Å²) in [4.78, 5) is 0. The molecule has 0 radical (unpaired) electrons. The van der Waals surface area contributed by atoms with Gasteiger partial charge in [-0.15, -0.1) is 0 Å². The summed E-state index contributed by atoms with van der Waals surface area (Å²) < 4.78 is 38.6. The predicted molar refractivity (Wildman–Crippen MR) is 71.2 cm³/mol. The summed E-state index contributed by atoms with van der Waals surface area (Å²) in [5, 5.41) is 4.88. The standard InChI is InChI=1S/C13H17NO5S/c14-20(15,16)17-9-12-10-5-1-2-6-11(10)18-13(19-12)7-3-4-8-13/h1-2,5-6,12H,3-4,7-9H2,(H2,14,15,16)/t12-/m1/s1. The van der Waals surface area contributed by atoms with Gasteiger partial charge in [-0.1, -0.05) is 18.2 Å². The molecule has 1 heterocycles. The second-order valence-corrected chi connectivity index (χ2v) is 6.36. The van der Waals surface area contributed by atoms with Crippen molar-refractivity contribution in [2.24, 2.45) is 5.14 Å². The van der Waals surface area contributed by atoms with Gasteiger partial charge in [0.05, 0.1) is 6.61 Å². The molecular weight excluding hydrogens is 282 g/mol. The van der Waals surface area contributed by atoms with E-state index in [2.05, 4.69) is 0 Å². The maximum Gasteiger partial charge on any atom is 0.333 e. The minimum Gasteiger partial charge on any atom is -0.462 e. The lowest BCUT2D eigenvalue weighted by atomic mass is 10.1. The molecule has 0 amide bonds. The Hall–Kier alpha value is -1.15. The first-order chi connectivity index (χ1) is 9.48. The van der Waals surface area contributed by atoms with E-state index in [-0.39, 0.29) is 6.61 Å². The minimum absolute atomic E-state index is 0.138. The highest BCUT2D eigenvalue weighted by molar-refractivity contribution is 7.84. The highest BCUT2D eigenvalue weighted by Crippen LogP contribution is 2.45. The van der Waals surface area contributed by atoms with E-state index < -0.39 is 22.2 Å². The number of nitrogens with two attached hydrogens (primary N) is 1. The summed E-state index contributed by atoms with van der Waals surface area (Å²) in [6.45, 7) is -0.138. The van der Waals surface area contributed by atoms with Crippen LogP contribution in [0.2, 0.25) is 0 Å². The molecule has 1 aliphatic heterocycles. The van der Waals surface area contributed by atoms with Gasteiger partial charge in [0.15, 0.2) is 0 Å². The van der Waals surface area contributed by atoms with Gasteiger partial charge in [0.1, 0.15) is 11.9 Å². The molecular formula is C13H17NO5S. The van der Waals surface area contributed by atoms with E-state index in [1.807, 2.05) is 24.3 Å². The lowest BCUT2D eigenvalue weighted by Gasteiger charge is -2.39. The molecule has 2 aliphatic rings. The van der Waals surface area contributed by atoms with Crippen molar-refractivity contribution in [2.45, 2.75) is 37.6 Å². The van der Waals surface area contributed by atoms with Crippen LogP contribution in [0.1, 0.15) is 37.4 Å². The topological polar surface area (TPSA) is 87.9 Å². The minimum atomic E-state index is -3.98. The lowest BCUT2D eigenvalue weighted by molar-refractivity contribution is -0.230. The lowest BCUT2D eigenvalue weighted by Crippen LogP contribution is -2.42. The van der Waals surface area contributed by atoms with Crippen LogP contribution in [-0.4, -0.2) is 20.8 Å². The van der Waals surface area contributed by atoms with Crippen LogP contribution in [0.15, 0.2) is 24.3 Å². The van der Waals surface area contributed by atoms with E-state index in [0.717, 1.165) is 37.0 Å². The zero-order valence-corrected chi connectivity index (χ0v) is 11.8. The van der Waals surface area contributed by atoms with Crippen LogP contribution in [-0.2, 0) is 19.2 Å². The molecule has 1 spiro atoms. The molecule has 7 heteroatoms. The van der Waals surface area contributed by atoms with Gasteiger partial charge in [0.2, 0.25) is 5.79 Å². The normalized spacial score (nSPS) is 24.4. The summed E-state index contributed by atoms with van der Waals surface area (Å²) in [6.07, 6.45) is 3.17. The first-order valence-corrected chi connectivity index (χ1v) is 8.08. The first kappa shape index (κ1) is 13.8. The largest absolute Gasteiger partial charge is 0.462 e. The molecule has 1 aliphatic carbocycles. The molecule has 6 nitrogen and oxygen atoms in total. The zero-order valence-electron chi connectivity index (χ0n) is 10.9. The molecule has 0 unspecified atom stereocenters. The molecule has 1 fully saturated rings. The number of hydrogen-bond acceptors (Lipinski definition) is 5. The van der Waals surface area contributed by atoms with Gasteiger partial charge in [0.25, 0.3) is 0 Å². The van der Waals surface area contributed by atoms with E-state index in [1.165, 1.54) is 0 Å². The summed E-state index contributed by atoms with van der Waals surface area (Å²) in [5.41, 5.74) is 0.786. The summed E-state index contributed by atoms with van der Waals surface area (Å²) in [6, 6.07) is 7.43. The van der Waals surface area contributed by atoms with Crippen molar-refractivity contribution in [3.05, 3.63) is 29.8 Å². The Balaban J connectivity index is 1.87. The van der Waals surface area contributed by atoms with Gasteiger partial charge in [-0.05, 0) is 18.9 Å². The van der Waals surface area contributed by atoms with Crippen LogP contribution in [0, 0.1) is 0 Å². The molecule has 2 N–H and O–H groups in total. The van der Waals surface area contributed by atoms with Crippen molar-refractivity contribution in [2.75, 3.05) is 6.61 Å². The Labute approximate surface area is 118 Å². The second-order valence-electron chi connectivity index (χ2n) is 5.14. The smallest absolute Gasteiger partial charge is 0.333 e. The quantitative estimate of drug-likeness (QED) is 0.916. The molecule has 0 bridgehead atoms. The molecule has 20 heavy (non-hydrogen) atoms. The molecule has 1 atom stereocenters. The van der Waals surface area contributed by atoms with Crippen molar-refractivity contribution in [1.29, 1.82) is 0 Å². The van der Waals surface area contributed by atoms with Gasteiger partial charge in [-0.25, -0.2) is 5.14 Å².